The first-order valence-corrected chi connectivity index (χ1v) is 6.82. The Morgan fingerprint density at radius 1 is 1.26 bits per heavy atom. The number of ether oxygens (including phenoxy) is 1. The van der Waals surface area contributed by atoms with Gasteiger partial charge in [0.15, 0.2) is 0 Å². The molecule has 0 radical (unpaired) electrons. The molecule has 4 nitrogen and oxygen atoms in total. The zero-order valence-electron chi connectivity index (χ0n) is 12.0. The molecular weight excluding hydrogens is 240 g/mol. The summed E-state index contributed by atoms with van der Waals surface area (Å²) in [6.45, 7) is 7.37. The van der Waals surface area contributed by atoms with Crippen LogP contribution in [0.3, 0.4) is 0 Å². The second kappa shape index (κ2) is 7.14. The molecule has 0 fully saturated rings. The molecule has 1 aromatic rings. The average Bonchev–Trinajstić information content (AvgIpc) is 2.42. The lowest BCUT2D eigenvalue weighted by molar-refractivity contribution is -0.124. The third-order valence-electron chi connectivity index (χ3n) is 3.13. The first-order valence-electron chi connectivity index (χ1n) is 6.82. The van der Waals surface area contributed by atoms with Gasteiger partial charge in [-0.3, -0.25) is 10.1 Å². The number of carbonyl (C=O) groups is 1. The third-order valence-corrected chi connectivity index (χ3v) is 3.13. The zero-order valence-corrected chi connectivity index (χ0v) is 12.0. The molecule has 1 amide bonds. The highest BCUT2D eigenvalue weighted by atomic mass is 16.5. The van der Waals surface area contributed by atoms with E-state index in [0.29, 0.717) is 6.61 Å². The molecule has 0 bridgehead atoms. The average molecular weight is 264 g/mol. The Kier molecular flexibility index (Phi) is 5.83. The van der Waals surface area contributed by atoms with Gasteiger partial charge in [0.05, 0.1) is 6.61 Å². The van der Waals surface area contributed by atoms with Gasteiger partial charge in [-0.25, -0.2) is 0 Å². The van der Waals surface area contributed by atoms with Crippen LogP contribution < -0.4 is 15.8 Å². The van der Waals surface area contributed by atoms with E-state index < -0.39 is 5.54 Å². The third kappa shape index (κ3) is 3.96. The van der Waals surface area contributed by atoms with E-state index in [-0.39, 0.29) is 5.91 Å². The minimum absolute atomic E-state index is 0.372. The van der Waals surface area contributed by atoms with Crippen LogP contribution in [0.2, 0.25) is 0 Å². The van der Waals surface area contributed by atoms with E-state index >= 15 is 0 Å². The Hall–Kier alpha value is -1.55. The minimum Gasteiger partial charge on any atom is -0.494 e. The number of benzene rings is 1. The van der Waals surface area contributed by atoms with Crippen molar-refractivity contribution in [1.29, 1.82) is 0 Å². The summed E-state index contributed by atoms with van der Waals surface area (Å²) in [4.78, 5) is 11.7. The molecule has 3 N–H and O–H groups in total. The first-order chi connectivity index (χ1) is 9.04. The molecular formula is C15H24N2O2. The highest BCUT2D eigenvalue weighted by molar-refractivity contribution is 5.85. The van der Waals surface area contributed by atoms with E-state index in [4.69, 9.17) is 10.5 Å². The van der Waals surface area contributed by atoms with Crippen LogP contribution in [-0.4, -0.2) is 19.1 Å². The summed E-state index contributed by atoms with van der Waals surface area (Å²) in [7, 11) is 0. The van der Waals surface area contributed by atoms with E-state index in [9.17, 15) is 4.79 Å². The molecule has 0 saturated heterocycles. The SMILES string of the molecule is CCCNC(C)(C(N)=O)c1ccc(OCCC)cc1. The first kappa shape index (κ1) is 15.5. The van der Waals surface area contributed by atoms with Crippen LogP contribution in [0.4, 0.5) is 0 Å². The Morgan fingerprint density at radius 2 is 1.89 bits per heavy atom. The van der Waals surface area contributed by atoms with Crippen LogP contribution in [0.5, 0.6) is 5.75 Å². The molecule has 0 spiro atoms. The van der Waals surface area contributed by atoms with E-state index in [1.165, 1.54) is 0 Å². The molecule has 0 aliphatic carbocycles. The monoisotopic (exact) mass is 264 g/mol. The summed E-state index contributed by atoms with van der Waals surface area (Å²) >= 11 is 0. The van der Waals surface area contributed by atoms with E-state index in [1.54, 1.807) is 0 Å². The molecule has 4 heteroatoms. The number of nitrogens with one attached hydrogen (secondary N) is 1. The van der Waals surface area contributed by atoms with Crippen molar-refractivity contribution in [2.24, 2.45) is 5.73 Å². The fourth-order valence-corrected chi connectivity index (χ4v) is 1.81. The van der Waals surface area contributed by atoms with Gasteiger partial charge in [0.1, 0.15) is 11.3 Å². The van der Waals surface area contributed by atoms with Crippen molar-refractivity contribution in [2.75, 3.05) is 13.2 Å². The molecule has 1 aromatic carbocycles. The Morgan fingerprint density at radius 3 is 2.37 bits per heavy atom. The number of nitrogens with two attached hydrogens (primary N) is 1. The number of primary amides is 1. The van der Waals surface area contributed by atoms with Crippen LogP contribution in [0, 0.1) is 0 Å². The second-order valence-electron chi connectivity index (χ2n) is 4.79. The summed E-state index contributed by atoms with van der Waals surface area (Å²) in [5.74, 6) is 0.441. The summed E-state index contributed by atoms with van der Waals surface area (Å²) in [5.41, 5.74) is 5.55. The molecule has 0 aromatic heterocycles. The largest absolute Gasteiger partial charge is 0.494 e. The van der Waals surface area contributed by atoms with Gasteiger partial charge in [-0.2, -0.15) is 0 Å². The zero-order chi connectivity index (χ0) is 14.3. The predicted molar refractivity (Wildman–Crippen MR) is 77.1 cm³/mol. The van der Waals surface area contributed by atoms with Crippen molar-refractivity contribution >= 4 is 5.91 Å². The lowest BCUT2D eigenvalue weighted by atomic mass is 9.91. The van der Waals surface area contributed by atoms with Gasteiger partial charge in [0, 0.05) is 0 Å². The molecule has 19 heavy (non-hydrogen) atoms. The predicted octanol–water partition coefficient (Wildman–Crippen LogP) is 2.18. The van der Waals surface area contributed by atoms with Crippen molar-refractivity contribution in [2.45, 2.75) is 39.2 Å². The normalized spacial score (nSPS) is 13.8. The number of hydrogen-bond acceptors (Lipinski definition) is 3. The van der Waals surface area contributed by atoms with Crippen molar-refractivity contribution in [3.63, 3.8) is 0 Å². The summed E-state index contributed by atoms with van der Waals surface area (Å²) in [5, 5.41) is 3.21. The van der Waals surface area contributed by atoms with Gasteiger partial charge in [-0.05, 0) is 44.0 Å². The van der Waals surface area contributed by atoms with Crippen LogP contribution in [0.25, 0.3) is 0 Å². The van der Waals surface area contributed by atoms with Crippen LogP contribution in [0.15, 0.2) is 24.3 Å². The summed E-state index contributed by atoms with van der Waals surface area (Å²) < 4.78 is 5.53. The smallest absolute Gasteiger partial charge is 0.242 e. The van der Waals surface area contributed by atoms with Gasteiger partial charge in [0.25, 0.3) is 0 Å². The molecule has 1 rings (SSSR count). The van der Waals surface area contributed by atoms with Crippen LogP contribution >= 0.6 is 0 Å². The second-order valence-corrected chi connectivity index (χ2v) is 4.79. The quantitative estimate of drug-likeness (QED) is 0.756. The minimum atomic E-state index is -0.834. The van der Waals surface area contributed by atoms with E-state index in [0.717, 1.165) is 30.7 Å². The molecule has 0 aliphatic rings. The fourth-order valence-electron chi connectivity index (χ4n) is 1.81. The maximum Gasteiger partial charge on any atom is 0.242 e. The molecule has 1 atom stereocenters. The summed E-state index contributed by atoms with van der Waals surface area (Å²) in [6, 6.07) is 7.52. The maximum atomic E-state index is 11.7. The van der Waals surface area contributed by atoms with Crippen molar-refractivity contribution < 1.29 is 9.53 Å². The molecule has 106 valence electrons. The van der Waals surface area contributed by atoms with Gasteiger partial charge in [-0.1, -0.05) is 26.0 Å². The topological polar surface area (TPSA) is 64.3 Å². The molecule has 0 saturated carbocycles. The van der Waals surface area contributed by atoms with E-state index in [1.807, 2.05) is 31.2 Å². The molecule has 0 aliphatic heterocycles. The van der Waals surface area contributed by atoms with Crippen molar-refractivity contribution in [3.8, 4) is 5.75 Å². The lowest BCUT2D eigenvalue weighted by Crippen LogP contribution is -2.50. The lowest BCUT2D eigenvalue weighted by Gasteiger charge is -2.28. The van der Waals surface area contributed by atoms with Gasteiger partial charge in [-0.15, -0.1) is 0 Å². The van der Waals surface area contributed by atoms with Gasteiger partial charge >= 0.3 is 0 Å². The number of hydrogen-bond donors (Lipinski definition) is 2. The standard InChI is InChI=1S/C15H24N2O2/c1-4-10-17-15(3,14(16)18)12-6-8-13(9-7-12)19-11-5-2/h6-9,17H,4-5,10-11H2,1-3H3,(H2,16,18). The van der Waals surface area contributed by atoms with E-state index in [2.05, 4.69) is 19.2 Å². The Bertz CT molecular complexity index is 403. The maximum absolute atomic E-state index is 11.7. The Balaban J connectivity index is 2.88. The van der Waals surface area contributed by atoms with Crippen LogP contribution in [0.1, 0.15) is 39.2 Å². The van der Waals surface area contributed by atoms with Gasteiger partial charge in [0.2, 0.25) is 5.91 Å². The van der Waals surface area contributed by atoms with Crippen molar-refractivity contribution in [1.82, 2.24) is 5.32 Å². The molecule has 1 unspecified atom stereocenters. The summed E-state index contributed by atoms with van der Waals surface area (Å²) in [6.07, 6.45) is 1.92. The van der Waals surface area contributed by atoms with Crippen molar-refractivity contribution in [3.05, 3.63) is 29.8 Å². The number of amides is 1. The fraction of sp³-hybridized carbons (Fsp3) is 0.533. The Labute approximate surface area is 115 Å². The van der Waals surface area contributed by atoms with Crippen LogP contribution in [-0.2, 0) is 10.3 Å². The molecule has 0 heterocycles. The highest BCUT2D eigenvalue weighted by Gasteiger charge is 2.32. The number of rotatable bonds is 8. The number of carbonyl (C=O) groups excluding carboxylic acids is 1. The van der Waals surface area contributed by atoms with Gasteiger partial charge < -0.3 is 10.5 Å². The highest BCUT2D eigenvalue weighted by Crippen LogP contribution is 2.23.